The predicted octanol–water partition coefficient (Wildman–Crippen LogP) is 2.80. The fourth-order valence-corrected chi connectivity index (χ4v) is 4.89. The molecule has 1 saturated heterocycles. The Hall–Kier alpha value is -2.92. The number of alkyl halides is 1. The van der Waals surface area contributed by atoms with Gasteiger partial charge in [-0.15, -0.1) is 0 Å². The molecule has 1 aliphatic heterocycles. The van der Waals surface area contributed by atoms with Crippen LogP contribution in [0.1, 0.15) is 22.3 Å². The predicted molar refractivity (Wildman–Crippen MR) is 104 cm³/mol. The van der Waals surface area contributed by atoms with Gasteiger partial charge in [0, 0.05) is 43.5 Å². The number of carbonyl (C=O) groups excluding carboxylic acids is 1. The molecule has 0 unspecified atom stereocenters. The first-order valence-electron chi connectivity index (χ1n) is 9.04. The Labute approximate surface area is 170 Å². The smallest absolute Gasteiger partial charge is 0.304 e. The zero-order valence-corrected chi connectivity index (χ0v) is 16.6. The number of rotatable bonds is 5. The maximum absolute atomic E-state index is 15.2. The number of nitrogens with one attached hydrogen (secondary N) is 1. The first-order chi connectivity index (χ1) is 14.2. The second-order valence-corrected chi connectivity index (χ2v) is 8.87. The molecule has 0 bridgehead atoms. The van der Waals surface area contributed by atoms with Crippen molar-refractivity contribution in [2.45, 2.75) is 12.6 Å². The summed E-state index contributed by atoms with van der Waals surface area (Å²) in [6.07, 6.45) is 1.52. The molecule has 0 saturated carbocycles. The van der Waals surface area contributed by atoms with Gasteiger partial charge in [0.25, 0.3) is 0 Å². The van der Waals surface area contributed by atoms with Gasteiger partial charge in [-0.05, 0) is 30.7 Å². The highest BCUT2D eigenvalue weighted by Crippen LogP contribution is 2.31. The van der Waals surface area contributed by atoms with E-state index in [2.05, 4.69) is 9.97 Å². The van der Waals surface area contributed by atoms with Gasteiger partial charge >= 0.3 is 10.2 Å². The molecule has 1 atom stereocenters. The molecule has 158 valence electrons. The Morgan fingerprint density at radius 2 is 2.07 bits per heavy atom. The second-order valence-electron chi connectivity index (χ2n) is 6.91. The molecular formula is C19H17F3N4O3S. The van der Waals surface area contributed by atoms with Crippen molar-refractivity contribution in [2.24, 2.45) is 0 Å². The average molecular weight is 438 g/mol. The van der Waals surface area contributed by atoms with E-state index in [0.717, 1.165) is 23.5 Å². The number of halogens is 3. The van der Waals surface area contributed by atoms with Crippen LogP contribution in [0, 0.1) is 11.6 Å². The molecule has 1 N–H and O–H groups in total. The number of nitrogens with zero attached hydrogens (tertiary/aromatic N) is 3. The number of carbonyl (C=O) groups is 1. The summed E-state index contributed by atoms with van der Waals surface area (Å²) in [4.78, 5) is 19.7. The Morgan fingerprint density at radius 1 is 1.30 bits per heavy atom. The van der Waals surface area contributed by atoms with Gasteiger partial charge in [-0.2, -0.15) is 12.7 Å². The summed E-state index contributed by atoms with van der Waals surface area (Å²) in [7, 11) is -3.18. The number of hydrogen-bond acceptors (Lipinski definition) is 4. The first-order valence-corrected chi connectivity index (χ1v) is 10.4. The van der Waals surface area contributed by atoms with Gasteiger partial charge in [0.15, 0.2) is 5.82 Å². The fourth-order valence-electron chi connectivity index (χ4n) is 3.47. The minimum Gasteiger partial charge on any atom is -0.345 e. The molecular weight excluding hydrogens is 421 g/mol. The number of fused-ring (bicyclic) bond motifs is 1. The Morgan fingerprint density at radius 3 is 2.77 bits per heavy atom. The molecule has 2 aromatic heterocycles. The number of H-pyrrole nitrogens is 1. The Bertz CT molecular complexity index is 1250. The SMILES string of the molecule is CN(c1ccc(F)c(C(=O)c2c[nH]c3ncccc23)c1F)S(=O)(=O)N1CC[C@@H](F)C1. The van der Waals surface area contributed by atoms with Crippen molar-refractivity contribution >= 4 is 32.7 Å². The largest absolute Gasteiger partial charge is 0.345 e. The summed E-state index contributed by atoms with van der Waals surface area (Å²) in [6.45, 7) is -0.394. The minimum absolute atomic E-state index is 0.00151. The third-order valence-corrected chi connectivity index (χ3v) is 6.97. The maximum Gasteiger partial charge on any atom is 0.304 e. The topological polar surface area (TPSA) is 86.4 Å². The quantitative estimate of drug-likeness (QED) is 0.621. The molecule has 0 amide bonds. The third-order valence-electron chi connectivity index (χ3n) is 5.10. The van der Waals surface area contributed by atoms with E-state index < -0.39 is 45.0 Å². The summed E-state index contributed by atoms with van der Waals surface area (Å²) in [5, 5.41) is 0.374. The van der Waals surface area contributed by atoms with Gasteiger partial charge in [-0.1, -0.05) is 0 Å². The van der Waals surface area contributed by atoms with E-state index in [0.29, 0.717) is 15.3 Å². The van der Waals surface area contributed by atoms with E-state index in [1.54, 1.807) is 12.1 Å². The van der Waals surface area contributed by atoms with Crippen LogP contribution in [-0.4, -0.2) is 54.8 Å². The van der Waals surface area contributed by atoms with Crippen LogP contribution < -0.4 is 4.31 Å². The Kier molecular flexibility index (Phi) is 5.02. The molecule has 1 aromatic carbocycles. The number of aromatic nitrogens is 2. The molecule has 0 spiro atoms. The van der Waals surface area contributed by atoms with Gasteiger partial charge in [0.1, 0.15) is 17.6 Å². The molecule has 0 aliphatic carbocycles. The molecule has 3 aromatic rings. The van der Waals surface area contributed by atoms with Crippen molar-refractivity contribution in [1.29, 1.82) is 0 Å². The van der Waals surface area contributed by atoms with Crippen molar-refractivity contribution in [3.8, 4) is 0 Å². The van der Waals surface area contributed by atoms with Crippen molar-refractivity contribution in [3.05, 3.63) is 59.4 Å². The number of benzene rings is 1. The summed E-state index contributed by atoms with van der Waals surface area (Å²) < 4.78 is 70.1. The lowest BCUT2D eigenvalue weighted by Crippen LogP contribution is -2.41. The van der Waals surface area contributed by atoms with Crippen LogP contribution >= 0.6 is 0 Å². The number of pyridine rings is 1. The van der Waals surface area contributed by atoms with Crippen molar-refractivity contribution < 1.29 is 26.4 Å². The number of hydrogen-bond donors (Lipinski definition) is 1. The molecule has 1 aliphatic rings. The van der Waals surface area contributed by atoms with Gasteiger partial charge in [0.2, 0.25) is 5.78 Å². The van der Waals surface area contributed by atoms with Crippen LogP contribution in [0.4, 0.5) is 18.9 Å². The van der Waals surface area contributed by atoms with Crippen LogP contribution in [0.5, 0.6) is 0 Å². The Balaban J connectivity index is 1.76. The lowest BCUT2D eigenvalue weighted by atomic mass is 10.0. The average Bonchev–Trinajstić information content (AvgIpc) is 3.34. The molecule has 3 heterocycles. The van der Waals surface area contributed by atoms with E-state index in [1.807, 2.05) is 0 Å². The second kappa shape index (κ2) is 7.40. The van der Waals surface area contributed by atoms with Gasteiger partial charge in [-0.3, -0.25) is 9.10 Å². The van der Waals surface area contributed by atoms with Crippen molar-refractivity contribution in [2.75, 3.05) is 24.4 Å². The van der Waals surface area contributed by atoms with E-state index in [4.69, 9.17) is 0 Å². The molecule has 0 radical (unpaired) electrons. The van der Waals surface area contributed by atoms with E-state index in [-0.39, 0.29) is 25.1 Å². The molecule has 30 heavy (non-hydrogen) atoms. The summed E-state index contributed by atoms with van der Waals surface area (Å²) in [6, 6.07) is 4.90. The van der Waals surface area contributed by atoms with E-state index in [1.165, 1.54) is 12.4 Å². The third kappa shape index (κ3) is 3.23. The van der Waals surface area contributed by atoms with Crippen LogP contribution in [0.3, 0.4) is 0 Å². The van der Waals surface area contributed by atoms with Crippen LogP contribution in [0.2, 0.25) is 0 Å². The molecule has 4 rings (SSSR count). The van der Waals surface area contributed by atoms with Gasteiger partial charge < -0.3 is 4.98 Å². The monoisotopic (exact) mass is 438 g/mol. The summed E-state index contributed by atoms with van der Waals surface area (Å²) in [5.74, 6) is -3.41. The van der Waals surface area contributed by atoms with Crippen molar-refractivity contribution in [1.82, 2.24) is 14.3 Å². The van der Waals surface area contributed by atoms with E-state index in [9.17, 15) is 22.0 Å². The zero-order chi connectivity index (χ0) is 21.6. The highest BCUT2D eigenvalue weighted by Gasteiger charge is 2.36. The van der Waals surface area contributed by atoms with Crippen molar-refractivity contribution in [3.63, 3.8) is 0 Å². The minimum atomic E-state index is -4.25. The summed E-state index contributed by atoms with van der Waals surface area (Å²) in [5.41, 5.74) is -1.03. The summed E-state index contributed by atoms with van der Waals surface area (Å²) >= 11 is 0. The fraction of sp³-hybridized carbons (Fsp3) is 0.263. The molecule has 7 nitrogen and oxygen atoms in total. The molecule has 11 heteroatoms. The highest BCUT2D eigenvalue weighted by molar-refractivity contribution is 7.90. The standard InChI is InChI=1S/C19H17F3N4O3S/c1-25(30(28,29)26-8-6-11(20)10-26)15-5-4-14(21)16(17(15)22)18(27)13-9-24-19-12(13)3-2-7-23-19/h2-5,7,9,11H,6,8,10H2,1H3,(H,23,24)/t11-/m1/s1. The first kappa shape index (κ1) is 20.4. The van der Waals surface area contributed by atoms with Gasteiger partial charge in [0.05, 0.1) is 11.3 Å². The highest BCUT2D eigenvalue weighted by atomic mass is 32.2. The van der Waals surface area contributed by atoms with Crippen LogP contribution in [-0.2, 0) is 10.2 Å². The van der Waals surface area contributed by atoms with Crippen LogP contribution in [0.15, 0.2) is 36.7 Å². The number of aromatic amines is 1. The lowest BCUT2D eigenvalue weighted by Gasteiger charge is -2.26. The van der Waals surface area contributed by atoms with E-state index >= 15 is 4.39 Å². The number of ketones is 1. The van der Waals surface area contributed by atoms with Crippen LogP contribution in [0.25, 0.3) is 11.0 Å². The molecule has 1 fully saturated rings. The lowest BCUT2D eigenvalue weighted by molar-refractivity contribution is 0.103. The number of anilines is 1. The van der Waals surface area contributed by atoms with Gasteiger partial charge in [-0.25, -0.2) is 18.2 Å². The maximum atomic E-state index is 15.2. The normalized spacial score (nSPS) is 17.5. The zero-order valence-electron chi connectivity index (χ0n) is 15.8.